The van der Waals surface area contributed by atoms with Gasteiger partial charge in [-0.1, -0.05) is 72.3 Å². The van der Waals surface area contributed by atoms with Gasteiger partial charge in [0.25, 0.3) is 0 Å². The van der Waals surface area contributed by atoms with Gasteiger partial charge in [0.15, 0.2) is 0 Å². The molecular weight excluding hydrogens is 380 g/mol. The molecule has 5 aromatic rings. The van der Waals surface area contributed by atoms with E-state index in [2.05, 4.69) is 60.7 Å². The molecule has 0 fully saturated rings. The number of esters is 1. The largest absolute Gasteiger partial charge is 0.465 e. The molecule has 0 aliphatic heterocycles. The minimum atomic E-state index is -0.375. The van der Waals surface area contributed by atoms with E-state index in [1.165, 1.54) is 34.0 Å². The molecule has 140 valence electrons. The molecule has 5 rings (SSSR count). The molecule has 29 heavy (non-hydrogen) atoms. The molecule has 0 amide bonds. The zero-order valence-corrected chi connectivity index (χ0v) is 16.5. The number of halogens is 1. The molecule has 2 nitrogen and oxygen atoms in total. The van der Waals surface area contributed by atoms with Gasteiger partial charge in [0.05, 0.1) is 12.7 Å². The number of rotatable bonds is 2. The van der Waals surface area contributed by atoms with Crippen LogP contribution in [-0.2, 0) is 4.74 Å². The van der Waals surface area contributed by atoms with E-state index in [1.807, 2.05) is 12.1 Å². The summed E-state index contributed by atoms with van der Waals surface area (Å²) in [7, 11) is 1.39. The molecule has 0 heterocycles. The van der Waals surface area contributed by atoms with Gasteiger partial charge < -0.3 is 4.74 Å². The average molecular weight is 397 g/mol. The van der Waals surface area contributed by atoms with Gasteiger partial charge in [-0.05, 0) is 67.7 Å². The molecule has 0 spiro atoms. The number of hydrogen-bond donors (Lipinski definition) is 0. The maximum Gasteiger partial charge on any atom is 0.338 e. The predicted octanol–water partition coefficient (Wildman–Crippen LogP) is 7.25. The van der Waals surface area contributed by atoms with Gasteiger partial charge in [-0.15, -0.1) is 0 Å². The molecule has 0 unspecified atom stereocenters. The number of ether oxygens (including phenoxy) is 1. The summed E-state index contributed by atoms with van der Waals surface area (Å²) in [5.74, 6) is -0.375. The van der Waals surface area contributed by atoms with E-state index in [0.29, 0.717) is 10.6 Å². The maximum atomic E-state index is 12.3. The van der Waals surface area contributed by atoms with Gasteiger partial charge in [0.1, 0.15) is 0 Å². The third-order valence-electron chi connectivity index (χ3n) is 5.44. The first-order chi connectivity index (χ1) is 14.2. The molecule has 0 atom stereocenters. The Hall–Kier alpha value is -3.36. The minimum absolute atomic E-state index is 0.375. The molecule has 0 saturated carbocycles. The molecule has 3 heteroatoms. The number of benzene rings is 5. The highest BCUT2D eigenvalue weighted by atomic mass is 35.5. The van der Waals surface area contributed by atoms with Crippen molar-refractivity contribution in [2.75, 3.05) is 7.11 Å². The third kappa shape index (κ3) is 2.84. The van der Waals surface area contributed by atoms with Crippen molar-refractivity contribution in [2.45, 2.75) is 0 Å². The SMILES string of the molecule is COC(=O)c1ccc(Cl)cc1-c1ccc2c3ccccc3c3ccccc3c2c1. The molecule has 0 bridgehead atoms. The summed E-state index contributed by atoms with van der Waals surface area (Å²) in [5.41, 5.74) is 2.20. The highest BCUT2D eigenvalue weighted by Gasteiger charge is 2.15. The molecule has 0 aliphatic carbocycles. The van der Waals surface area contributed by atoms with Crippen molar-refractivity contribution in [2.24, 2.45) is 0 Å². The van der Waals surface area contributed by atoms with Crippen LogP contribution < -0.4 is 0 Å². The Morgan fingerprint density at radius 2 is 1.24 bits per heavy atom. The highest BCUT2D eigenvalue weighted by molar-refractivity contribution is 6.31. The van der Waals surface area contributed by atoms with Crippen LogP contribution in [-0.4, -0.2) is 13.1 Å². The predicted molar refractivity (Wildman–Crippen MR) is 121 cm³/mol. The van der Waals surface area contributed by atoms with E-state index in [9.17, 15) is 4.79 Å². The lowest BCUT2D eigenvalue weighted by atomic mass is 9.91. The van der Waals surface area contributed by atoms with Crippen LogP contribution in [0.25, 0.3) is 43.4 Å². The van der Waals surface area contributed by atoms with E-state index in [4.69, 9.17) is 16.3 Å². The van der Waals surface area contributed by atoms with Gasteiger partial charge in [-0.2, -0.15) is 0 Å². The minimum Gasteiger partial charge on any atom is -0.465 e. The van der Waals surface area contributed by atoms with Crippen LogP contribution in [0.15, 0.2) is 84.9 Å². The van der Waals surface area contributed by atoms with Crippen molar-refractivity contribution in [1.29, 1.82) is 0 Å². The molecule has 0 saturated heterocycles. The molecule has 5 aromatic carbocycles. The summed E-state index contributed by atoms with van der Waals surface area (Å²) in [6, 6.07) is 28.4. The zero-order chi connectivity index (χ0) is 20.0. The Bertz CT molecular complexity index is 1380. The summed E-state index contributed by atoms with van der Waals surface area (Å²) in [4.78, 5) is 12.3. The van der Waals surface area contributed by atoms with Crippen molar-refractivity contribution in [3.8, 4) is 11.1 Å². The fraction of sp³-hybridized carbons (Fsp3) is 0.0385. The molecular formula is C26H17ClO2. The number of hydrogen-bond acceptors (Lipinski definition) is 2. The number of carbonyl (C=O) groups excluding carboxylic acids is 1. The molecule has 0 aliphatic rings. The van der Waals surface area contributed by atoms with E-state index >= 15 is 0 Å². The fourth-order valence-corrected chi connectivity index (χ4v) is 4.29. The second-order valence-electron chi connectivity index (χ2n) is 7.03. The van der Waals surface area contributed by atoms with Gasteiger partial charge in [-0.25, -0.2) is 4.79 Å². The third-order valence-corrected chi connectivity index (χ3v) is 5.68. The number of carbonyl (C=O) groups is 1. The Labute approximate surface area is 173 Å². The first kappa shape index (κ1) is 17.7. The van der Waals surface area contributed by atoms with Gasteiger partial charge in [0.2, 0.25) is 0 Å². The summed E-state index contributed by atoms with van der Waals surface area (Å²) >= 11 is 6.25. The van der Waals surface area contributed by atoms with Crippen molar-refractivity contribution in [3.05, 3.63) is 95.5 Å². The topological polar surface area (TPSA) is 26.3 Å². The van der Waals surface area contributed by atoms with Crippen LogP contribution in [0.1, 0.15) is 10.4 Å². The second kappa shape index (κ2) is 6.91. The Kier molecular flexibility index (Phi) is 4.22. The van der Waals surface area contributed by atoms with Crippen molar-refractivity contribution >= 4 is 49.9 Å². The van der Waals surface area contributed by atoms with Gasteiger partial charge in [-0.3, -0.25) is 0 Å². The van der Waals surface area contributed by atoms with Crippen LogP contribution in [0.3, 0.4) is 0 Å². The first-order valence-corrected chi connectivity index (χ1v) is 9.76. The lowest BCUT2D eigenvalue weighted by Crippen LogP contribution is -2.03. The van der Waals surface area contributed by atoms with E-state index in [0.717, 1.165) is 16.5 Å². The smallest absolute Gasteiger partial charge is 0.338 e. The fourth-order valence-electron chi connectivity index (χ4n) is 4.12. The Morgan fingerprint density at radius 1 is 0.690 bits per heavy atom. The van der Waals surface area contributed by atoms with Gasteiger partial charge in [0, 0.05) is 5.02 Å². The standard InChI is InChI=1S/C26H17ClO2/c1-29-26(28)23-13-11-17(27)15-24(23)16-10-12-22-20-8-3-2-6-18(20)19-7-4-5-9-21(19)25(22)14-16/h2-15H,1H3. The number of fused-ring (bicyclic) bond motifs is 6. The van der Waals surface area contributed by atoms with Crippen molar-refractivity contribution < 1.29 is 9.53 Å². The Morgan fingerprint density at radius 3 is 1.83 bits per heavy atom. The quantitative estimate of drug-likeness (QED) is 0.232. The molecule has 0 N–H and O–H groups in total. The molecule has 0 radical (unpaired) electrons. The normalized spacial score (nSPS) is 11.2. The van der Waals surface area contributed by atoms with Crippen LogP contribution in [0.2, 0.25) is 5.02 Å². The summed E-state index contributed by atoms with van der Waals surface area (Å²) < 4.78 is 4.97. The lowest BCUT2D eigenvalue weighted by Gasteiger charge is -2.13. The number of methoxy groups -OCH3 is 1. The first-order valence-electron chi connectivity index (χ1n) is 9.39. The highest BCUT2D eigenvalue weighted by Crippen LogP contribution is 2.38. The summed E-state index contributed by atoms with van der Waals surface area (Å²) in [5, 5.41) is 7.76. The maximum absolute atomic E-state index is 12.3. The van der Waals surface area contributed by atoms with Crippen LogP contribution in [0, 0.1) is 0 Å². The van der Waals surface area contributed by atoms with Crippen molar-refractivity contribution in [1.82, 2.24) is 0 Å². The van der Waals surface area contributed by atoms with E-state index in [-0.39, 0.29) is 5.97 Å². The lowest BCUT2D eigenvalue weighted by molar-refractivity contribution is 0.0601. The Balaban J connectivity index is 1.88. The van der Waals surface area contributed by atoms with Crippen molar-refractivity contribution in [3.63, 3.8) is 0 Å². The second-order valence-corrected chi connectivity index (χ2v) is 7.47. The van der Waals surface area contributed by atoms with E-state index in [1.54, 1.807) is 12.1 Å². The van der Waals surface area contributed by atoms with Crippen LogP contribution in [0.5, 0.6) is 0 Å². The summed E-state index contributed by atoms with van der Waals surface area (Å²) in [6.07, 6.45) is 0. The van der Waals surface area contributed by atoms with Crippen LogP contribution >= 0.6 is 11.6 Å². The van der Waals surface area contributed by atoms with Gasteiger partial charge >= 0.3 is 5.97 Å². The average Bonchev–Trinajstić information content (AvgIpc) is 2.78. The van der Waals surface area contributed by atoms with Crippen LogP contribution in [0.4, 0.5) is 0 Å². The molecule has 0 aromatic heterocycles. The zero-order valence-electron chi connectivity index (χ0n) is 15.8. The summed E-state index contributed by atoms with van der Waals surface area (Å²) in [6.45, 7) is 0. The monoisotopic (exact) mass is 396 g/mol. The van der Waals surface area contributed by atoms with E-state index < -0.39 is 0 Å².